The summed E-state index contributed by atoms with van der Waals surface area (Å²) in [5.41, 5.74) is -2.03. The number of ether oxygens (including phenoxy) is 2. The van der Waals surface area contributed by atoms with Crippen LogP contribution in [-0.2, 0) is 23.9 Å². The lowest BCUT2D eigenvalue weighted by Crippen LogP contribution is -2.43. The summed E-state index contributed by atoms with van der Waals surface area (Å²) in [6, 6.07) is 0. The lowest BCUT2D eigenvalue weighted by atomic mass is 9.89. The molecule has 0 unspecified atom stereocenters. The molecule has 0 heterocycles. The maximum atomic E-state index is 11.6. The van der Waals surface area contributed by atoms with E-state index in [4.69, 9.17) is 0 Å². The van der Waals surface area contributed by atoms with E-state index >= 15 is 0 Å². The number of carbonyl (C=O) groups is 3. The fourth-order valence-electron chi connectivity index (χ4n) is 1.49. The van der Waals surface area contributed by atoms with E-state index in [1.165, 1.54) is 0 Å². The number of ketones is 1. The first-order valence-electron chi connectivity index (χ1n) is 5.96. The first-order chi connectivity index (χ1) is 8.39. The minimum atomic E-state index is -2.03. The number of Topliss-reactive ketones (excluding diaryl/α,β-unsaturated/α-hetero) is 1. The van der Waals surface area contributed by atoms with Crippen molar-refractivity contribution in [1.29, 1.82) is 0 Å². The third-order valence-corrected chi connectivity index (χ3v) is 2.32. The number of rotatable bonds is 8. The highest BCUT2D eigenvalue weighted by molar-refractivity contribution is 5.94. The molecule has 0 amide bonds. The predicted molar refractivity (Wildman–Crippen MR) is 62.7 cm³/mol. The molecule has 0 aliphatic carbocycles. The number of aliphatic hydroxyl groups is 1. The van der Waals surface area contributed by atoms with Gasteiger partial charge in [0.2, 0.25) is 0 Å². The van der Waals surface area contributed by atoms with Crippen LogP contribution in [0.25, 0.3) is 0 Å². The third-order valence-electron chi connectivity index (χ3n) is 2.32. The molecule has 0 spiro atoms. The van der Waals surface area contributed by atoms with E-state index in [0.29, 0.717) is 0 Å². The number of esters is 2. The molecule has 0 aromatic heterocycles. The van der Waals surface area contributed by atoms with Gasteiger partial charge in [-0.2, -0.15) is 0 Å². The molecule has 0 saturated carbocycles. The zero-order valence-electron chi connectivity index (χ0n) is 11.0. The molecule has 1 N–H and O–H groups in total. The highest BCUT2D eigenvalue weighted by Gasteiger charge is 2.40. The van der Waals surface area contributed by atoms with Gasteiger partial charge in [0, 0.05) is 6.42 Å². The van der Waals surface area contributed by atoms with Crippen LogP contribution in [0.3, 0.4) is 0 Å². The summed E-state index contributed by atoms with van der Waals surface area (Å²) in [6.45, 7) is 5.07. The molecule has 0 rings (SSSR count). The molecule has 0 radical (unpaired) electrons. The second kappa shape index (κ2) is 7.81. The van der Waals surface area contributed by atoms with Gasteiger partial charge >= 0.3 is 11.9 Å². The Labute approximate surface area is 106 Å². The molecule has 0 bridgehead atoms. The Morgan fingerprint density at radius 1 is 0.944 bits per heavy atom. The molecule has 18 heavy (non-hydrogen) atoms. The maximum Gasteiger partial charge on any atom is 0.309 e. The summed E-state index contributed by atoms with van der Waals surface area (Å²) in [5, 5.41) is 10.1. The van der Waals surface area contributed by atoms with Crippen LogP contribution in [-0.4, -0.2) is 41.6 Å². The molecule has 0 aromatic carbocycles. The quantitative estimate of drug-likeness (QED) is 0.643. The van der Waals surface area contributed by atoms with Gasteiger partial charge in [0.05, 0.1) is 26.1 Å². The van der Waals surface area contributed by atoms with Crippen LogP contribution in [0.1, 0.15) is 40.0 Å². The standard InChI is InChI=1S/C12H20O6/c1-4-9(13)12(16,7-10(14)17-5-2)8-11(15)18-6-3/h16H,4-8H2,1-3H3. The third kappa shape index (κ3) is 5.27. The van der Waals surface area contributed by atoms with Gasteiger partial charge < -0.3 is 14.6 Å². The normalized spacial score (nSPS) is 10.9. The number of hydrogen-bond donors (Lipinski definition) is 1. The van der Waals surface area contributed by atoms with Gasteiger partial charge in [-0.15, -0.1) is 0 Å². The molecular weight excluding hydrogens is 240 g/mol. The van der Waals surface area contributed by atoms with E-state index in [1.807, 2.05) is 0 Å². The van der Waals surface area contributed by atoms with Gasteiger partial charge in [-0.25, -0.2) is 0 Å². The lowest BCUT2D eigenvalue weighted by molar-refractivity contribution is -0.162. The van der Waals surface area contributed by atoms with E-state index in [1.54, 1.807) is 20.8 Å². The number of carbonyl (C=O) groups excluding carboxylic acids is 3. The Bertz CT molecular complexity index is 290. The van der Waals surface area contributed by atoms with E-state index in [2.05, 4.69) is 9.47 Å². The first-order valence-corrected chi connectivity index (χ1v) is 5.96. The topological polar surface area (TPSA) is 89.9 Å². The van der Waals surface area contributed by atoms with Crippen molar-refractivity contribution in [3.63, 3.8) is 0 Å². The van der Waals surface area contributed by atoms with Crippen molar-refractivity contribution in [2.24, 2.45) is 0 Å². The smallest absolute Gasteiger partial charge is 0.309 e. The van der Waals surface area contributed by atoms with E-state index in [-0.39, 0.29) is 19.6 Å². The van der Waals surface area contributed by atoms with Crippen LogP contribution >= 0.6 is 0 Å². The zero-order valence-corrected chi connectivity index (χ0v) is 11.0. The molecule has 0 atom stereocenters. The van der Waals surface area contributed by atoms with Crippen molar-refractivity contribution in [3.8, 4) is 0 Å². The monoisotopic (exact) mass is 260 g/mol. The molecule has 0 aromatic rings. The van der Waals surface area contributed by atoms with Crippen LogP contribution in [0.15, 0.2) is 0 Å². The van der Waals surface area contributed by atoms with E-state index in [0.717, 1.165) is 0 Å². The Balaban J connectivity index is 4.77. The summed E-state index contributed by atoms with van der Waals surface area (Å²) < 4.78 is 9.34. The molecule has 0 fully saturated rings. The molecule has 0 saturated heterocycles. The second-order valence-corrected chi connectivity index (χ2v) is 3.77. The Hall–Kier alpha value is -1.43. The largest absolute Gasteiger partial charge is 0.466 e. The fraction of sp³-hybridized carbons (Fsp3) is 0.750. The molecule has 104 valence electrons. The zero-order chi connectivity index (χ0) is 14.2. The van der Waals surface area contributed by atoms with E-state index in [9.17, 15) is 19.5 Å². The van der Waals surface area contributed by atoms with Crippen molar-refractivity contribution in [1.82, 2.24) is 0 Å². The summed E-state index contributed by atoms with van der Waals surface area (Å²) >= 11 is 0. The SMILES string of the molecule is CCOC(=O)CC(O)(CC(=O)OCC)C(=O)CC. The van der Waals surface area contributed by atoms with Crippen LogP contribution < -0.4 is 0 Å². The average Bonchev–Trinajstić information content (AvgIpc) is 2.27. The van der Waals surface area contributed by atoms with Gasteiger partial charge in [-0.3, -0.25) is 14.4 Å². The summed E-state index contributed by atoms with van der Waals surface area (Å²) in [5.74, 6) is -2.01. The van der Waals surface area contributed by atoms with Crippen LogP contribution in [0.2, 0.25) is 0 Å². The summed E-state index contributed by atoms with van der Waals surface area (Å²) in [7, 11) is 0. The highest BCUT2D eigenvalue weighted by atomic mass is 16.5. The Morgan fingerprint density at radius 3 is 1.61 bits per heavy atom. The summed E-state index contributed by atoms with van der Waals surface area (Å²) in [6.07, 6.45) is -1.05. The average molecular weight is 260 g/mol. The summed E-state index contributed by atoms with van der Waals surface area (Å²) in [4.78, 5) is 34.3. The van der Waals surface area contributed by atoms with Gasteiger partial charge in [-0.05, 0) is 13.8 Å². The van der Waals surface area contributed by atoms with Crippen LogP contribution in [0.4, 0.5) is 0 Å². The van der Waals surface area contributed by atoms with Gasteiger partial charge in [-0.1, -0.05) is 6.92 Å². The van der Waals surface area contributed by atoms with Crippen molar-refractivity contribution < 1.29 is 29.0 Å². The van der Waals surface area contributed by atoms with Crippen LogP contribution in [0.5, 0.6) is 0 Å². The Kier molecular flexibility index (Phi) is 7.19. The first kappa shape index (κ1) is 16.6. The van der Waals surface area contributed by atoms with Crippen molar-refractivity contribution in [2.75, 3.05) is 13.2 Å². The molecule has 0 aliphatic rings. The molecule has 6 heteroatoms. The van der Waals surface area contributed by atoms with Crippen molar-refractivity contribution in [3.05, 3.63) is 0 Å². The maximum absolute atomic E-state index is 11.6. The van der Waals surface area contributed by atoms with Crippen molar-refractivity contribution in [2.45, 2.75) is 45.6 Å². The Morgan fingerprint density at radius 2 is 1.33 bits per heavy atom. The van der Waals surface area contributed by atoms with Gasteiger partial charge in [0.15, 0.2) is 5.78 Å². The van der Waals surface area contributed by atoms with Crippen LogP contribution in [0, 0.1) is 0 Å². The van der Waals surface area contributed by atoms with Gasteiger partial charge in [0.1, 0.15) is 5.60 Å². The highest BCUT2D eigenvalue weighted by Crippen LogP contribution is 2.20. The van der Waals surface area contributed by atoms with Gasteiger partial charge in [0.25, 0.3) is 0 Å². The minimum Gasteiger partial charge on any atom is -0.466 e. The minimum absolute atomic E-state index is 0.0231. The fourth-order valence-corrected chi connectivity index (χ4v) is 1.49. The van der Waals surface area contributed by atoms with Crippen molar-refractivity contribution >= 4 is 17.7 Å². The molecular formula is C12H20O6. The predicted octanol–water partition coefficient (Wildman–Crippen LogP) is 0.603. The second-order valence-electron chi connectivity index (χ2n) is 3.77. The number of hydrogen-bond acceptors (Lipinski definition) is 6. The molecule has 6 nitrogen and oxygen atoms in total. The molecule has 0 aliphatic heterocycles. The van der Waals surface area contributed by atoms with E-state index < -0.39 is 36.2 Å². The lowest BCUT2D eigenvalue weighted by Gasteiger charge is -2.24.